The molecule has 114 valence electrons. The van der Waals surface area contributed by atoms with Gasteiger partial charge in [-0.2, -0.15) is 5.26 Å². The van der Waals surface area contributed by atoms with Crippen molar-refractivity contribution in [2.24, 2.45) is 0 Å². The molecule has 2 rings (SSSR count). The first kappa shape index (κ1) is 16.6. The van der Waals surface area contributed by atoms with Crippen LogP contribution in [0, 0.1) is 25.0 Å². The van der Waals surface area contributed by atoms with Gasteiger partial charge in [0.25, 0.3) is 11.6 Å². The number of rotatable bonds is 4. The second-order valence-corrected chi connectivity index (χ2v) is 5.73. The number of non-ortho nitro benzene ring substituents is 1. The highest BCUT2D eigenvalue weighted by Gasteiger charge is 2.11. The van der Waals surface area contributed by atoms with E-state index >= 15 is 0 Å². The molecule has 1 N–H and O–H groups in total. The molecule has 0 bridgehead atoms. The van der Waals surface area contributed by atoms with Gasteiger partial charge in [0.2, 0.25) is 0 Å². The molecule has 0 radical (unpaired) electrons. The molecule has 1 amide bonds. The van der Waals surface area contributed by atoms with Crippen molar-refractivity contribution in [3.63, 3.8) is 0 Å². The number of carbonyl (C=O) groups is 1. The Morgan fingerprint density at radius 3 is 2.65 bits per heavy atom. The maximum atomic E-state index is 12.1. The average Bonchev–Trinajstić information content (AvgIpc) is 2.52. The van der Waals surface area contributed by atoms with E-state index in [0.29, 0.717) is 11.3 Å². The van der Waals surface area contributed by atoms with Gasteiger partial charge in [-0.15, -0.1) is 0 Å². The summed E-state index contributed by atoms with van der Waals surface area (Å²) in [7, 11) is 0. The van der Waals surface area contributed by atoms with Crippen molar-refractivity contribution in [3.05, 3.63) is 73.4 Å². The van der Waals surface area contributed by atoms with Gasteiger partial charge in [-0.25, -0.2) is 0 Å². The summed E-state index contributed by atoms with van der Waals surface area (Å²) in [6, 6.07) is 14.7. The van der Waals surface area contributed by atoms with Crippen LogP contribution in [0.2, 0.25) is 0 Å². The van der Waals surface area contributed by atoms with Crippen LogP contribution in [0.4, 0.5) is 11.4 Å². The molecule has 0 unspecified atom stereocenters. The van der Waals surface area contributed by atoms with Crippen LogP contribution in [0.25, 0.3) is 6.08 Å². The Hall–Kier alpha value is -2.73. The molecule has 0 saturated carbocycles. The molecular weight excluding hydrogens is 409 g/mol. The third kappa shape index (κ3) is 4.62. The number of nitrogens with zero attached hydrogens (tertiary/aromatic N) is 2. The fraction of sp³-hybridized carbons (Fsp3) is 0. The van der Waals surface area contributed by atoms with Crippen LogP contribution in [-0.2, 0) is 4.79 Å². The minimum absolute atomic E-state index is 0.103. The molecule has 2 aromatic carbocycles. The number of amides is 1. The molecule has 0 saturated heterocycles. The van der Waals surface area contributed by atoms with Crippen molar-refractivity contribution < 1.29 is 9.72 Å². The highest BCUT2D eigenvalue weighted by Crippen LogP contribution is 2.17. The SMILES string of the molecule is N#C/C(=C\c1cccc([N+](=O)[O-])c1)C(=O)Nc1cccc(I)c1. The number of nitro benzene ring substituents is 1. The van der Waals surface area contributed by atoms with Gasteiger partial charge in [-0.05, 0) is 52.4 Å². The summed E-state index contributed by atoms with van der Waals surface area (Å²) in [6.07, 6.45) is 1.32. The predicted octanol–water partition coefficient (Wildman–Crippen LogP) is 3.75. The van der Waals surface area contributed by atoms with E-state index in [-0.39, 0.29) is 11.3 Å². The zero-order valence-corrected chi connectivity index (χ0v) is 13.9. The van der Waals surface area contributed by atoms with E-state index in [9.17, 15) is 14.9 Å². The third-order valence-corrected chi connectivity index (χ3v) is 3.51. The Morgan fingerprint density at radius 2 is 2.00 bits per heavy atom. The van der Waals surface area contributed by atoms with Crippen LogP contribution < -0.4 is 5.32 Å². The molecule has 0 heterocycles. The van der Waals surface area contributed by atoms with Gasteiger partial charge in [0, 0.05) is 21.4 Å². The van der Waals surface area contributed by atoms with Crippen molar-refractivity contribution in [1.82, 2.24) is 0 Å². The van der Waals surface area contributed by atoms with E-state index in [4.69, 9.17) is 5.26 Å². The number of benzene rings is 2. The van der Waals surface area contributed by atoms with E-state index in [1.54, 1.807) is 24.3 Å². The molecule has 2 aromatic rings. The Bertz CT molecular complexity index is 840. The maximum Gasteiger partial charge on any atom is 0.270 e. The van der Waals surface area contributed by atoms with Crippen LogP contribution in [0.15, 0.2) is 54.1 Å². The molecule has 0 spiro atoms. The fourth-order valence-electron chi connectivity index (χ4n) is 1.81. The zero-order valence-electron chi connectivity index (χ0n) is 11.7. The summed E-state index contributed by atoms with van der Waals surface area (Å²) >= 11 is 2.11. The van der Waals surface area contributed by atoms with Crippen LogP contribution in [0.1, 0.15) is 5.56 Å². The normalized spacial score (nSPS) is 10.7. The molecule has 0 aliphatic rings. The van der Waals surface area contributed by atoms with Crippen LogP contribution in [-0.4, -0.2) is 10.8 Å². The first-order valence-corrected chi connectivity index (χ1v) is 7.50. The van der Waals surface area contributed by atoms with Gasteiger partial charge < -0.3 is 5.32 Å². The van der Waals surface area contributed by atoms with Crippen molar-refractivity contribution in [1.29, 1.82) is 5.26 Å². The van der Waals surface area contributed by atoms with Crippen molar-refractivity contribution in [3.8, 4) is 6.07 Å². The Labute approximate surface area is 145 Å². The highest BCUT2D eigenvalue weighted by atomic mass is 127. The van der Waals surface area contributed by atoms with Crippen LogP contribution >= 0.6 is 22.6 Å². The number of nitriles is 1. The van der Waals surface area contributed by atoms with Crippen molar-refractivity contribution in [2.75, 3.05) is 5.32 Å². The lowest BCUT2D eigenvalue weighted by Gasteiger charge is -2.04. The van der Waals surface area contributed by atoms with E-state index in [1.165, 1.54) is 24.3 Å². The minimum atomic E-state index is -0.569. The number of nitrogens with one attached hydrogen (secondary N) is 1. The second kappa shape index (κ2) is 7.51. The molecule has 0 atom stereocenters. The third-order valence-electron chi connectivity index (χ3n) is 2.84. The van der Waals surface area contributed by atoms with Gasteiger partial charge in [0.05, 0.1) is 4.92 Å². The number of halogens is 1. The summed E-state index contributed by atoms with van der Waals surface area (Å²) in [5.41, 5.74) is 0.744. The van der Waals surface area contributed by atoms with E-state index in [1.807, 2.05) is 12.1 Å². The van der Waals surface area contributed by atoms with Gasteiger partial charge in [0.1, 0.15) is 11.6 Å². The number of hydrogen-bond donors (Lipinski definition) is 1. The first-order valence-electron chi connectivity index (χ1n) is 6.43. The molecule has 6 nitrogen and oxygen atoms in total. The van der Waals surface area contributed by atoms with Crippen molar-refractivity contribution >= 4 is 45.9 Å². The van der Waals surface area contributed by atoms with Gasteiger partial charge in [0.15, 0.2) is 0 Å². The summed E-state index contributed by atoms with van der Waals surface area (Å²) in [5, 5.41) is 22.5. The van der Waals surface area contributed by atoms with Gasteiger partial charge >= 0.3 is 0 Å². The zero-order chi connectivity index (χ0) is 16.8. The highest BCUT2D eigenvalue weighted by molar-refractivity contribution is 14.1. The van der Waals surface area contributed by atoms with Gasteiger partial charge in [-0.1, -0.05) is 18.2 Å². The summed E-state index contributed by atoms with van der Waals surface area (Å²) < 4.78 is 0.946. The standard InChI is InChI=1S/C16H10IN3O3/c17-13-4-2-5-14(9-13)19-16(21)12(10-18)7-11-3-1-6-15(8-11)20(22)23/h1-9H,(H,19,21)/b12-7+. The summed E-state index contributed by atoms with van der Waals surface area (Å²) in [6.45, 7) is 0. The average molecular weight is 419 g/mol. The number of nitro groups is 1. The molecule has 0 fully saturated rings. The Kier molecular flexibility index (Phi) is 5.43. The molecule has 23 heavy (non-hydrogen) atoms. The van der Waals surface area contributed by atoms with E-state index < -0.39 is 10.8 Å². The van der Waals surface area contributed by atoms with E-state index in [0.717, 1.165) is 3.57 Å². The molecule has 0 aliphatic carbocycles. The lowest BCUT2D eigenvalue weighted by Crippen LogP contribution is -2.13. The van der Waals surface area contributed by atoms with Crippen molar-refractivity contribution in [2.45, 2.75) is 0 Å². The molecule has 0 aliphatic heterocycles. The molecular formula is C16H10IN3O3. The first-order chi connectivity index (χ1) is 11.0. The monoisotopic (exact) mass is 419 g/mol. The quantitative estimate of drug-likeness (QED) is 0.269. The number of hydrogen-bond acceptors (Lipinski definition) is 4. The topological polar surface area (TPSA) is 96.0 Å². The predicted molar refractivity (Wildman–Crippen MR) is 94.5 cm³/mol. The Balaban J connectivity index is 2.25. The molecule has 7 heteroatoms. The largest absolute Gasteiger partial charge is 0.321 e. The smallest absolute Gasteiger partial charge is 0.270 e. The molecule has 0 aromatic heterocycles. The van der Waals surface area contributed by atoms with Gasteiger partial charge in [-0.3, -0.25) is 14.9 Å². The summed E-state index contributed by atoms with van der Waals surface area (Å²) in [5.74, 6) is -0.569. The fourth-order valence-corrected chi connectivity index (χ4v) is 2.35. The van der Waals surface area contributed by atoms with Crippen LogP contribution in [0.5, 0.6) is 0 Å². The lowest BCUT2D eigenvalue weighted by atomic mass is 10.1. The minimum Gasteiger partial charge on any atom is -0.321 e. The van der Waals surface area contributed by atoms with Crippen LogP contribution in [0.3, 0.4) is 0 Å². The second-order valence-electron chi connectivity index (χ2n) is 4.49. The Morgan fingerprint density at radius 1 is 1.26 bits per heavy atom. The number of carbonyl (C=O) groups excluding carboxylic acids is 1. The lowest BCUT2D eigenvalue weighted by molar-refractivity contribution is -0.384. The maximum absolute atomic E-state index is 12.1. The van der Waals surface area contributed by atoms with E-state index in [2.05, 4.69) is 27.9 Å². The summed E-state index contributed by atoms with van der Waals surface area (Å²) in [4.78, 5) is 22.4. The number of anilines is 1.